The molecule has 0 heterocycles. The van der Waals surface area contributed by atoms with Gasteiger partial charge in [-0.2, -0.15) is 0 Å². The van der Waals surface area contributed by atoms with Crippen molar-refractivity contribution in [2.75, 3.05) is 5.32 Å². The van der Waals surface area contributed by atoms with Crippen molar-refractivity contribution in [3.05, 3.63) is 59.1 Å². The minimum atomic E-state index is -3.55. The van der Waals surface area contributed by atoms with Crippen LogP contribution in [-0.2, 0) is 14.8 Å². The first kappa shape index (κ1) is 22.7. The van der Waals surface area contributed by atoms with Crippen LogP contribution in [0.1, 0.15) is 38.5 Å². The molecule has 152 valence electrons. The number of benzene rings is 2. The van der Waals surface area contributed by atoms with Crippen LogP contribution in [0.2, 0.25) is 5.02 Å². The van der Waals surface area contributed by atoms with E-state index in [9.17, 15) is 13.2 Å². The molecule has 0 aliphatic carbocycles. The summed E-state index contributed by atoms with van der Waals surface area (Å²) in [4.78, 5) is 12.6. The van der Waals surface area contributed by atoms with Gasteiger partial charge in [-0.15, -0.1) is 11.8 Å². The van der Waals surface area contributed by atoms with Crippen molar-refractivity contribution in [3.63, 3.8) is 0 Å². The van der Waals surface area contributed by atoms with E-state index in [0.29, 0.717) is 10.7 Å². The van der Waals surface area contributed by atoms with Crippen LogP contribution in [-0.4, -0.2) is 25.6 Å². The molecule has 2 N–H and O–H groups in total. The van der Waals surface area contributed by atoms with Crippen LogP contribution in [0.5, 0.6) is 0 Å². The monoisotopic (exact) mass is 440 g/mol. The number of amides is 1. The van der Waals surface area contributed by atoms with Gasteiger partial charge >= 0.3 is 0 Å². The first-order valence-electron chi connectivity index (χ1n) is 8.92. The molecule has 0 saturated heterocycles. The molecule has 0 bridgehead atoms. The predicted octanol–water partition coefficient (Wildman–Crippen LogP) is 4.85. The Labute approximate surface area is 176 Å². The topological polar surface area (TPSA) is 75.3 Å². The normalized spacial score (nSPS) is 13.9. The highest BCUT2D eigenvalue weighted by Crippen LogP contribution is 2.32. The molecule has 0 aliphatic heterocycles. The van der Waals surface area contributed by atoms with Crippen molar-refractivity contribution in [2.24, 2.45) is 0 Å². The quantitative estimate of drug-likeness (QED) is 0.615. The largest absolute Gasteiger partial charge is 0.325 e. The predicted molar refractivity (Wildman–Crippen MR) is 117 cm³/mol. The molecule has 2 unspecified atom stereocenters. The lowest BCUT2D eigenvalue weighted by Gasteiger charge is -2.17. The van der Waals surface area contributed by atoms with Crippen LogP contribution in [0.4, 0.5) is 5.69 Å². The van der Waals surface area contributed by atoms with E-state index in [-0.39, 0.29) is 27.3 Å². The lowest BCUT2D eigenvalue weighted by atomic mass is 10.2. The van der Waals surface area contributed by atoms with E-state index in [4.69, 9.17) is 11.6 Å². The second-order valence-electron chi connectivity index (χ2n) is 6.76. The van der Waals surface area contributed by atoms with E-state index >= 15 is 0 Å². The number of hydrogen-bond acceptors (Lipinski definition) is 4. The summed E-state index contributed by atoms with van der Waals surface area (Å²) in [6.45, 7) is 7.41. The summed E-state index contributed by atoms with van der Waals surface area (Å²) in [6, 6.07) is 13.5. The molecule has 2 atom stereocenters. The average Bonchev–Trinajstić information content (AvgIpc) is 2.61. The third-order valence-electron chi connectivity index (χ3n) is 3.94. The molecule has 2 rings (SSSR count). The maximum atomic E-state index is 12.5. The van der Waals surface area contributed by atoms with Gasteiger partial charge < -0.3 is 5.32 Å². The van der Waals surface area contributed by atoms with E-state index in [1.807, 2.05) is 38.1 Å². The molecule has 0 spiro atoms. The van der Waals surface area contributed by atoms with Crippen molar-refractivity contribution >= 4 is 45.0 Å². The van der Waals surface area contributed by atoms with Gasteiger partial charge in [-0.05, 0) is 69.7 Å². The van der Waals surface area contributed by atoms with Gasteiger partial charge in [0.05, 0.1) is 10.1 Å². The molecule has 2 aromatic rings. The molecular weight excluding hydrogens is 416 g/mol. The minimum absolute atomic E-state index is 0.132. The van der Waals surface area contributed by atoms with Crippen LogP contribution in [0.3, 0.4) is 0 Å². The van der Waals surface area contributed by atoms with Gasteiger partial charge in [-0.1, -0.05) is 23.7 Å². The summed E-state index contributed by atoms with van der Waals surface area (Å²) in [5, 5.41) is 3.36. The van der Waals surface area contributed by atoms with Crippen LogP contribution in [0.15, 0.2) is 53.4 Å². The molecule has 5 nitrogen and oxygen atoms in total. The van der Waals surface area contributed by atoms with Crippen molar-refractivity contribution < 1.29 is 13.2 Å². The molecular formula is C20H25ClN2O3S2. The summed E-state index contributed by atoms with van der Waals surface area (Å²) in [6.07, 6.45) is 0. The van der Waals surface area contributed by atoms with Gasteiger partial charge in [-0.3, -0.25) is 4.79 Å². The first-order chi connectivity index (χ1) is 13.1. The van der Waals surface area contributed by atoms with Crippen molar-refractivity contribution in [3.8, 4) is 0 Å². The molecule has 0 fully saturated rings. The van der Waals surface area contributed by atoms with E-state index in [1.54, 1.807) is 26.0 Å². The lowest BCUT2D eigenvalue weighted by molar-refractivity contribution is -0.115. The summed E-state index contributed by atoms with van der Waals surface area (Å²) < 4.78 is 26.8. The summed E-state index contributed by atoms with van der Waals surface area (Å²) >= 11 is 7.45. The lowest BCUT2D eigenvalue weighted by Crippen LogP contribution is -2.30. The highest BCUT2D eigenvalue weighted by Gasteiger charge is 2.19. The minimum Gasteiger partial charge on any atom is -0.325 e. The number of anilines is 1. The number of carbonyl (C=O) groups is 1. The van der Waals surface area contributed by atoms with Crippen LogP contribution >= 0.6 is 23.4 Å². The zero-order valence-electron chi connectivity index (χ0n) is 16.3. The Hall–Kier alpha value is -1.54. The van der Waals surface area contributed by atoms with Gasteiger partial charge in [0.15, 0.2) is 0 Å². The molecule has 28 heavy (non-hydrogen) atoms. The van der Waals surface area contributed by atoms with Gasteiger partial charge in [0, 0.05) is 22.0 Å². The summed E-state index contributed by atoms with van der Waals surface area (Å²) in [5.74, 6) is -0.137. The zero-order chi connectivity index (χ0) is 20.9. The Morgan fingerprint density at radius 1 is 0.964 bits per heavy atom. The zero-order valence-corrected chi connectivity index (χ0v) is 18.7. The molecule has 0 radical (unpaired) electrons. The first-order valence-corrected chi connectivity index (χ1v) is 11.7. The number of sulfonamides is 1. The Bertz CT molecular complexity index is 898. The van der Waals surface area contributed by atoms with E-state index in [0.717, 1.165) is 5.56 Å². The van der Waals surface area contributed by atoms with Crippen molar-refractivity contribution in [1.29, 1.82) is 0 Å². The second-order valence-corrected chi connectivity index (χ2v) is 10.6. The SMILES string of the molecule is CC(C)NS(=O)(=O)c1ccc(NC(=O)C(C)SC(C)c2ccc(Cl)cc2)cc1. The number of halogens is 1. The number of carbonyl (C=O) groups excluding carboxylic acids is 1. The maximum absolute atomic E-state index is 12.5. The Balaban J connectivity index is 1.97. The smallest absolute Gasteiger partial charge is 0.240 e. The molecule has 0 saturated carbocycles. The Morgan fingerprint density at radius 3 is 2.07 bits per heavy atom. The number of hydrogen-bond donors (Lipinski definition) is 2. The summed E-state index contributed by atoms with van der Waals surface area (Å²) in [5.41, 5.74) is 1.65. The maximum Gasteiger partial charge on any atom is 0.240 e. The third kappa shape index (κ3) is 6.51. The Kier molecular flexibility index (Phi) is 7.95. The molecule has 0 aliphatic rings. The molecule has 0 aromatic heterocycles. The van der Waals surface area contributed by atoms with Crippen LogP contribution in [0.25, 0.3) is 0 Å². The number of thioether (sulfide) groups is 1. The van der Waals surface area contributed by atoms with E-state index in [1.165, 1.54) is 23.9 Å². The van der Waals surface area contributed by atoms with E-state index in [2.05, 4.69) is 10.0 Å². The fraction of sp³-hybridized carbons (Fsp3) is 0.350. The third-order valence-corrected chi connectivity index (χ3v) is 7.17. The standard InChI is InChI=1S/C20H25ClN2O3S2/c1-13(2)23-28(25,26)19-11-9-18(10-12-19)22-20(24)15(4)27-14(3)16-5-7-17(21)8-6-16/h5-15,23H,1-4H3,(H,22,24). The van der Waals surface area contributed by atoms with Crippen molar-refractivity contribution in [1.82, 2.24) is 4.72 Å². The second kappa shape index (κ2) is 9.78. The van der Waals surface area contributed by atoms with Gasteiger partial charge in [-0.25, -0.2) is 13.1 Å². The Morgan fingerprint density at radius 2 is 1.54 bits per heavy atom. The fourth-order valence-corrected chi connectivity index (χ4v) is 5.01. The van der Waals surface area contributed by atoms with Crippen LogP contribution < -0.4 is 10.0 Å². The van der Waals surface area contributed by atoms with Crippen molar-refractivity contribution in [2.45, 2.75) is 49.1 Å². The van der Waals surface area contributed by atoms with Crippen LogP contribution in [0, 0.1) is 0 Å². The number of rotatable bonds is 8. The van der Waals surface area contributed by atoms with Gasteiger partial charge in [0.2, 0.25) is 15.9 Å². The van der Waals surface area contributed by atoms with E-state index < -0.39 is 10.0 Å². The van der Waals surface area contributed by atoms with Gasteiger partial charge in [0.1, 0.15) is 0 Å². The van der Waals surface area contributed by atoms with Gasteiger partial charge in [0.25, 0.3) is 0 Å². The highest BCUT2D eigenvalue weighted by atomic mass is 35.5. The summed E-state index contributed by atoms with van der Waals surface area (Å²) in [7, 11) is -3.55. The molecule has 8 heteroatoms. The average molecular weight is 441 g/mol. The molecule has 2 aromatic carbocycles. The highest BCUT2D eigenvalue weighted by molar-refractivity contribution is 8.00. The molecule has 1 amide bonds. The fourth-order valence-electron chi connectivity index (χ4n) is 2.52. The number of nitrogens with one attached hydrogen (secondary N) is 2.